The molecule has 1 aromatic rings. The Hall–Kier alpha value is -1.43. The zero-order valence-electron chi connectivity index (χ0n) is 13.7. The van der Waals surface area contributed by atoms with Crippen LogP contribution in [-0.2, 0) is 11.2 Å². The van der Waals surface area contributed by atoms with E-state index in [0.29, 0.717) is 42.9 Å². The van der Waals surface area contributed by atoms with E-state index in [0.717, 1.165) is 32.1 Å². The summed E-state index contributed by atoms with van der Waals surface area (Å²) in [6.07, 6.45) is 7.29. The largest absolute Gasteiger partial charge is 0.390 e. The average Bonchev–Trinajstić information content (AvgIpc) is 2.80. The quantitative estimate of drug-likeness (QED) is 0.863. The van der Waals surface area contributed by atoms with E-state index < -0.39 is 5.60 Å². The maximum atomic E-state index is 12.4. The Balaban J connectivity index is 1.32. The molecule has 4 fully saturated rings. The van der Waals surface area contributed by atoms with Crippen LogP contribution in [0.15, 0.2) is 4.52 Å². The number of hydrogen-bond donors (Lipinski definition) is 2. The lowest BCUT2D eigenvalue weighted by Crippen LogP contribution is -2.56. The van der Waals surface area contributed by atoms with Crippen LogP contribution in [0.1, 0.15) is 56.7 Å². The van der Waals surface area contributed by atoms with E-state index in [1.54, 1.807) is 6.92 Å². The summed E-state index contributed by atoms with van der Waals surface area (Å²) in [4.78, 5) is 16.5. The highest BCUT2D eigenvalue weighted by Crippen LogP contribution is 2.62. The number of carbonyl (C=O) groups is 1. The van der Waals surface area contributed by atoms with Gasteiger partial charge in [0.25, 0.3) is 0 Å². The normalized spacial score (nSPS) is 38.0. The smallest absolute Gasteiger partial charge is 0.228 e. The summed E-state index contributed by atoms with van der Waals surface area (Å²) in [5, 5.41) is 17.5. The molecule has 4 saturated carbocycles. The van der Waals surface area contributed by atoms with E-state index in [2.05, 4.69) is 15.5 Å². The number of nitrogens with zero attached hydrogens (tertiary/aromatic N) is 2. The Bertz CT molecular complexity index is 598. The van der Waals surface area contributed by atoms with Gasteiger partial charge in [-0.1, -0.05) is 5.16 Å². The number of aromatic nitrogens is 2. The summed E-state index contributed by atoms with van der Waals surface area (Å²) in [7, 11) is 0. The van der Waals surface area contributed by atoms with E-state index in [1.807, 2.05) is 0 Å². The molecule has 4 bridgehead atoms. The molecule has 0 aromatic carbocycles. The van der Waals surface area contributed by atoms with Crippen LogP contribution in [0.25, 0.3) is 0 Å². The number of carbonyl (C=O) groups excluding carboxylic acids is 1. The molecule has 23 heavy (non-hydrogen) atoms. The molecule has 4 aliphatic carbocycles. The Labute approximate surface area is 136 Å². The summed E-state index contributed by atoms with van der Waals surface area (Å²) < 4.78 is 5.05. The molecule has 2 unspecified atom stereocenters. The van der Waals surface area contributed by atoms with Crippen LogP contribution in [-0.4, -0.2) is 33.3 Å². The van der Waals surface area contributed by atoms with Crippen LogP contribution in [0, 0.1) is 24.2 Å². The fourth-order valence-corrected chi connectivity index (χ4v) is 5.76. The van der Waals surface area contributed by atoms with Crippen LogP contribution < -0.4 is 5.32 Å². The van der Waals surface area contributed by atoms with Gasteiger partial charge in [0.15, 0.2) is 5.82 Å². The maximum Gasteiger partial charge on any atom is 0.228 e. The molecular formula is C17H25N3O3. The number of amides is 1. The first-order chi connectivity index (χ1) is 10.9. The van der Waals surface area contributed by atoms with E-state index in [-0.39, 0.29) is 11.3 Å². The standard InChI is InChI=1S/C17H25N3O3/c1-11-19-15(23-20-11)2-3-18-14(21)9-16-5-12-4-13(6-16)8-17(22,7-12)10-16/h12-13,22H,2-10H2,1H3,(H,18,21). The van der Waals surface area contributed by atoms with Crippen molar-refractivity contribution in [2.75, 3.05) is 6.54 Å². The van der Waals surface area contributed by atoms with Gasteiger partial charge >= 0.3 is 0 Å². The van der Waals surface area contributed by atoms with Gasteiger partial charge in [0, 0.05) is 19.4 Å². The van der Waals surface area contributed by atoms with Crippen molar-refractivity contribution in [3.8, 4) is 0 Å². The fourth-order valence-electron chi connectivity index (χ4n) is 5.76. The molecule has 0 aliphatic heterocycles. The SMILES string of the molecule is Cc1noc(CCNC(=O)CC23CC4CC(CC(O)(C4)C2)C3)n1. The van der Waals surface area contributed by atoms with Crippen LogP contribution in [0.5, 0.6) is 0 Å². The predicted octanol–water partition coefficient (Wildman–Crippen LogP) is 1.76. The van der Waals surface area contributed by atoms with Crippen molar-refractivity contribution < 1.29 is 14.4 Å². The van der Waals surface area contributed by atoms with Crippen molar-refractivity contribution in [2.24, 2.45) is 17.3 Å². The third-order valence-corrected chi connectivity index (χ3v) is 5.92. The average molecular weight is 319 g/mol. The van der Waals surface area contributed by atoms with Crippen molar-refractivity contribution in [3.63, 3.8) is 0 Å². The number of aliphatic hydroxyl groups is 1. The molecule has 6 nitrogen and oxygen atoms in total. The molecule has 126 valence electrons. The zero-order valence-corrected chi connectivity index (χ0v) is 13.7. The number of aryl methyl sites for hydroxylation is 1. The zero-order chi connectivity index (χ0) is 16.1. The topological polar surface area (TPSA) is 88.2 Å². The lowest BCUT2D eigenvalue weighted by molar-refractivity contribution is -0.169. The number of hydrogen-bond acceptors (Lipinski definition) is 5. The highest BCUT2D eigenvalue weighted by atomic mass is 16.5. The summed E-state index contributed by atoms with van der Waals surface area (Å²) in [5.74, 6) is 2.51. The van der Waals surface area contributed by atoms with E-state index in [4.69, 9.17) is 4.52 Å². The van der Waals surface area contributed by atoms with Crippen LogP contribution in [0.4, 0.5) is 0 Å². The number of nitrogens with one attached hydrogen (secondary N) is 1. The first kappa shape index (κ1) is 15.1. The van der Waals surface area contributed by atoms with Crippen molar-refractivity contribution >= 4 is 5.91 Å². The molecule has 6 heteroatoms. The Morgan fingerprint density at radius 3 is 2.70 bits per heavy atom. The summed E-state index contributed by atoms with van der Waals surface area (Å²) in [6.45, 7) is 2.30. The van der Waals surface area contributed by atoms with Gasteiger partial charge in [-0.15, -0.1) is 0 Å². The lowest BCUT2D eigenvalue weighted by atomic mass is 9.47. The van der Waals surface area contributed by atoms with Crippen molar-refractivity contribution in [1.82, 2.24) is 15.5 Å². The van der Waals surface area contributed by atoms with E-state index in [1.165, 1.54) is 6.42 Å². The minimum Gasteiger partial charge on any atom is -0.390 e. The Morgan fingerprint density at radius 1 is 1.35 bits per heavy atom. The molecular weight excluding hydrogens is 294 g/mol. The summed E-state index contributed by atoms with van der Waals surface area (Å²) in [6, 6.07) is 0. The van der Waals surface area contributed by atoms with Gasteiger partial charge in [0.05, 0.1) is 5.60 Å². The predicted molar refractivity (Wildman–Crippen MR) is 82.4 cm³/mol. The maximum absolute atomic E-state index is 12.4. The second kappa shape index (κ2) is 5.30. The van der Waals surface area contributed by atoms with E-state index >= 15 is 0 Å². The van der Waals surface area contributed by atoms with E-state index in [9.17, 15) is 9.90 Å². The third kappa shape index (κ3) is 3.01. The first-order valence-electron chi connectivity index (χ1n) is 8.72. The van der Waals surface area contributed by atoms with Gasteiger partial charge in [0.2, 0.25) is 11.8 Å². The fraction of sp³-hybridized carbons (Fsp3) is 0.824. The molecule has 1 heterocycles. The summed E-state index contributed by atoms with van der Waals surface area (Å²) >= 11 is 0. The van der Waals surface area contributed by atoms with Crippen LogP contribution in [0.2, 0.25) is 0 Å². The molecule has 0 saturated heterocycles. The summed E-state index contributed by atoms with van der Waals surface area (Å²) in [5.41, 5.74) is -0.463. The van der Waals surface area contributed by atoms with Gasteiger partial charge in [-0.05, 0) is 62.7 Å². The molecule has 2 N–H and O–H groups in total. The van der Waals surface area contributed by atoms with Crippen molar-refractivity contribution in [1.29, 1.82) is 0 Å². The highest BCUT2D eigenvalue weighted by molar-refractivity contribution is 5.76. The second-order valence-corrected chi connectivity index (χ2v) is 8.20. The van der Waals surface area contributed by atoms with Crippen LogP contribution >= 0.6 is 0 Å². The van der Waals surface area contributed by atoms with Gasteiger partial charge in [-0.3, -0.25) is 4.79 Å². The molecule has 2 atom stereocenters. The monoisotopic (exact) mass is 319 g/mol. The lowest BCUT2D eigenvalue weighted by Gasteiger charge is -2.60. The van der Waals surface area contributed by atoms with Crippen molar-refractivity contribution in [2.45, 2.75) is 63.9 Å². The first-order valence-corrected chi connectivity index (χ1v) is 8.72. The Morgan fingerprint density at radius 2 is 2.09 bits per heavy atom. The minimum absolute atomic E-state index is 0.0317. The molecule has 0 spiro atoms. The molecule has 0 radical (unpaired) electrons. The highest BCUT2D eigenvalue weighted by Gasteiger charge is 2.57. The third-order valence-electron chi connectivity index (χ3n) is 5.92. The Kier molecular flexibility index (Phi) is 3.48. The van der Waals surface area contributed by atoms with Crippen LogP contribution in [0.3, 0.4) is 0 Å². The minimum atomic E-state index is -0.494. The van der Waals surface area contributed by atoms with Gasteiger partial charge in [-0.25, -0.2) is 0 Å². The van der Waals surface area contributed by atoms with Gasteiger partial charge < -0.3 is 14.9 Å². The van der Waals surface area contributed by atoms with Gasteiger partial charge in [-0.2, -0.15) is 4.98 Å². The number of rotatable bonds is 5. The van der Waals surface area contributed by atoms with Crippen molar-refractivity contribution in [3.05, 3.63) is 11.7 Å². The molecule has 4 aliphatic rings. The molecule has 1 amide bonds. The van der Waals surface area contributed by atoms with Gasteiger partial charge in [0.1, 0.15) is 0 Å². The molecule has 5 rings (SSSR count). The second-order valence-electron chi connectivity index (χ2n) is 8.20. The molecule has 1 aromatic heterocycles.